The smallest absolute Gasteiger partial charge is 0.365 e. The molecule has 0 saturated heterocycles. The second-order valence-electron chi connectivity index (χ2n) is 9.26. The Morgan fingerprint density at radius 1 is 1.25 bits per heavy atom. The highest BCUT2D eigenvalue weighted by atomic mass is 35.5. The van der Waals surface area contributed by atoms with Crippen LogP contribution in [-0.2, 0) is 24.1 Å². The Balaban J connectivity index is 1.62. The average molecular weight is 602 g/mol. The second kappa shape index (κ2) is 10.1. The number of pyridine rings is 1. The molecule has 1 saturated carbocycles. The standard InChI is InChI=1S/C24H21ClF5N7O2S/c1-3-36-7-12(9(2)34-36)11-6-13(21(26)27)32-23-15(11)17(19(40-23)22(31)39)33-14(38)8-37-18(10-4-5-10)16(25)20(35-37)24(28,29)30/h6-7,10,21H,3-5,8H2,1-2H3,(H2,31,39)(H,33,38). The molecule has 3 N–H and O–H groups in total. The molecular formula is C24H21ClF5N7O2S. The Morgan fingerprint density at radius 3 is 2.50 bits per heavy atom. The van der Waals surface area contributed by atoms with Gasteiger partial charge in [-0.1, -0.05) is 11.6 Å². The summed E-state index contributed by atoms with van der Waals surface area (Å²) in [6.45, 7) is 3.36. The number of halogens is 6. The van der Waals surface area contributed by atoms with Gasteiger partial charge < -0.3 is 11.1 Å². The SMILES string of the molecule is CCn1cc(-c2cc(C(F)F)nc3sc(C(N)=O)c(NC(=O)Cn4nc(C(F)(F)F)c(Cl)c4C4CC4)c23)c(C)n1. The van der Waals surface area contributed by atoms with Gasteiger partial charge in [-0.05, 0) is 38.3 Å². The Kier molecular flexibility index (Phi) is 7.06. The third-order valence-electron chi connectivity index (χ3n) is 6.41. The molecule has 0 atom stereocenters. The van der Waals surface area contributed by atoms with Gasteiger partial charge in [0.2, 0.25) is 5.91 Å². The van der Waals surface area contributed by atoms with Gasteiger partial charge in [-0.15, -0.1) is 11.3 Å². The van der Waals surface area contributed by atoms with Crippen molar-refractivity contribution < 1.29 is 31.5 Å². The molecule has 5 rings (SSSR count). The number of nitrogens with two attached hydrogens (primary N) is 1. The van der Waals surface area contributed by atoms with E-state index in [1.54, 1.807) is 17.8 Å². The van der Waals surface area contributed by atoms with Gasteiger partial charge in [0.15, 0.2) is 5.69 Å². The molecule has 0 bridgehead atoms. The predicted octanol–water partition coefficient (Wildman–Crippen LogP) is 5.91. The minimum Gasteiger partial charge on any atom is -0.365 e. The maximum atomic E-state index is 13.8. The van der Waals surface area contributed by atoms with Gasteiger partial charge in [0.05, 0.1) is 22.1 Å². The molecule has 40 heavy (non-hydrogen) atoms. The highest BCUT2D eigenvalue weighted by Crippen LogP contribution is 2.47. The molecular weight excluding hydrogens is 581 g/mol. The third-order valence-corrected chi connectivity index (χ3v) is 7.88. The topological polar surface area (TPSA) is 121 Å². The van der Waals surface area contributed by atoms with Crippen molar-refractivity contribution in [3.63, 3.8) is 0 Å². The number of primary amides is 1. The van der Waals surface area contributed by atoms with Crippen molar-refractivity contribution in [3.8, 4) is 11.1 Å². The fourth-order valence-corrected chi connectivity index (χ4v) is 5.91. The number of fused-ring (bicyclic) bond motifs is 1. The van der Waals surface area contributed by atoms with Gasteiger partial charge in [-0.2, -0.15) is 23.4 Å². The minimum absolute atomic E-state index is 0.0145. The number of carbonyl (C=O) groups is 2. The summed E-state index contributed by atoms with van der Waals surface area (Å²) >= 11 is 6.72. The van der Waals surface area contributed by atoms with E-state index < -0.39 is 47.4 Å². The Labute approximate surface area is 232 Å². The van der Waals surface area contributed by atoms with Crippen molar-refractivity contribution in [2.45, 2.75) is 58.3 Å². The quantitative estimate of drug-likeness (QED) is 0.243. The Morgan fingerprint density at radius 2 is 1.95 bits per heavy atom. The number of anilines is 1. The van der Waals surface area contributed by atoms with E-state index in [4.69, 9.17) is 17.3 Å². The highest BCUT2D eigenvalue weighted by molar-refractivity contribution is 7.21. The monoisotopic (exact) mass is 601 g/mol. The zero-order valence-corrected chi connectivity index (χ0v) is 22.5. The molecule has 0 aliphatic heterocycles. The summed E-state index contributed by atoms with van der Waals surface area (Å²) in [6.07, 6.45) is -4.93. The molecule has 4 aromatic rings. The summed E-state index contributed by atoms with van der Waals surface area (Å²) in [5, 5.41) is 10.1. The normalized spacial score (nSPS) is 13.9. The van der Waals surface area contributed by atoms with Crippen molar-refractivity contribution >= 4 is 50.7 Å². The number of rotatable bonds is 8. The molecule has 9 nitrogen and oxygen atoms in total. The highest BCUT2D eigenvalue weighted by Gasteiger charge is 2.42. The maximum absolute atomic E-state index is 13.8. The second-order valence-corrected chi connectivity index (χ2v) is 10.6. The van der Waals surface area contributed by atoms with Crippen LogP contribution in [0.1, 0.15) is 64.6 Å². The van der Waals surface area contributed by atoms with E-state index in [0.717, 1.165) is 10.7 Å². The molecule has 16 heteroatoms. The Bertz CT molecular complexity index is 1660. The maximum Gasteiger partial charge on any atom is 0.436 e. The molecule has 4 heterocycles. The first-order valence-electron chi connectivity index (χ1n) is 12.0. The molecule has 1 aliphatic carbocycles. The predicted molar refractivity (Wildman–Crippen MR) is 138 cm³/mol. The zero-order chi connectivity index (χ0) is 29.1. The van der Waals surface area contributed by atoms with E-state index in [1.165, 1.54) is 0 Å². The van der Waals surface area contributed by atoms with Gasteiger partial charge in [0.1, 0.15) is 21.9 Å². The van der Waals surface area contributed by atoms with Crippen molar-refractivity contribution in [3.05, 3.63) is 44.9 Å². The summed E-state index contributed by atoms with van der Waals surface area (Å²) in [7, 11) is 0. The number of aryl methyl sites for hydroxylation is 2. The molecule has 0 spiro atoms. The van der Waals surface area contributed by atoms with Crippen LogP contribution in [0.25, 0.3) is 21.3 Å². The van der Waals surface area contributed by atoms with Gasteiger partial charge in [0, 0.05) is 29.6 Å². The lowest BCUT2D eigenvalue weighted by atomic mass is 10.0. The van der Waals surface area contributed by atoms with Gasteiger partial charge in [-0.3, -0.25) is 19.0 Å². The summed E-state index contributed by atoms with van der Waals surface area (Å²) in [5.41, 5.74) is 4.91. The first-order valence-corrected chi connectivity index (χ1v) is 13.2. The minimum atomic E-state index is -4.82. The number of amides is 2. The molecule has 2 amide bonds. The zero-order valence-electron chi connectivity index (χ0n) is 20.9. The number of nitrogens with one attached hydrogen (secondary N) is 1. The number of carbonyl (C=O) groups excluding carboxylic acids is 2. The average Bonchev–Trinajstić information content (AvgIpc) is 3.40. The van der Waals surface area contributed by atoms with Crippen LogP contribution in [-0.4, -0.2) is 36.4 Å². The van der Waals surface area contributed by atoms with Gasteiger partial charge in [0.25, 0.3) is 12.3 Å². The summed E-state index contributed by atoms with van der Waals surface area (Å²) in [4.78, 5) is 29.4. The van der Waals surface area contributed by atoms with Gasteiger partial charge >= 0.3 is 6.18 Å². The lowest BCUT2D eigenvalue weighted by molar-refractivity contribution is -0.141. The van der Waals surface area contributed by atoms with E-state index >= 15 is 0 Å². The fraction of sp³-hybridized carbons (Fsp3) is 0.375. The van der Waals surface area contributed by atoms with Crippen molar-refractivity contribution in [2.75, 3.05) is 5.32 Å². The lowest BCUT2D eigenvalue weighted by Crippen LogP contribution is -2.23. The van der Waals surface area contributed by atoms with Crippen molar-refractivity contribution in [1.29, 1.82) is 0 Å². The van der Waals surface area contributed by atoms with Gasteiger partial charge in [-0.25, -0.2) is 13.8 Å². The van der Waals surface area contributed by atoms with Crippen molar-refractivity contribution in [1.82, 2.24) is 24.5 Å². The first kappa shape index (κ1) is 28.0. The van der Waals surface area contributed by atoms with Crippen LogP contribution in [0.15, 0.2) is 12.3 Å². The summed E-state index contributed by atoms with van der Waals surface area (Å²) in [5.74, 6) is -2.06. The number of hydrogen-bond donors (Lipinski definition) is 2. The van der Waals surface area contributed by atoms with Crippen LogP contribution in [0.5, 0.6) is 0 Å². The largest absolute Gasteiger partial charge is 0.436 e. The lowest BCUT2D eigenvalue weighted by Gasteiger charge is -2.11. The Hall–Kier alpha value is -3.59. The number of hydrogen-bond acceptors (Lipinski definition) is 6. The summed E-state index contributed by atoms with van der Waals surface area (Å²) in [6, 6.07) is 1.15. The van der Waals surface area contributed by atoms with E-state index in [-0.39, 0.29) is 38.0 Å². The number of nitrogens with zero attached hydrogens (tertiary/aromatic N) is 5. The van der Waals surface area contributed by atoms with E-state index in [0.29, 0.717) is 42.0 Å². The van der Waals surface area contributed by atoms with E-state index in [2.05, 4.69) is 20.5 Å². The third kappa shape index (κ3) is 5.03. The molecule has 0 aromatic carbocycles. The van der Waals surface area contributed by atoms with Crippen LogP contribution >= 0.6 is 22.9 Å². The van der Waals surface area contributed by atoms with Crippen LogP contribution in [0.3, 0.4) is 0 Å². The molecule has 0 radical (unpaired) electrons. The van der Waals surface area contributed by atoms with E-state index in [1.807, 2.05) is 6.92 Å². The van der Waals surface area contributed by atoms with Crippen molar-refractivity contribution in [2.24, 2.45) is 5.73 Å². The molecule has 1 fully saturated rings. The molecule has 212 valence electrons. The first-order chi connectivity index (χ1) is 18.8. The van der Waals surface area contributed by atoms with Crippen LogP contribution < -0.4 is 11.1 Å². The van der Waals surface area contributed by atoms with Crippen LogP contribution in [0.4, 0.5) is 27.6 Å². The molecule has 4 aromatic heterocycles. The van der Waals surface area contributed by atoms with Crippen LogP contribution in [0.2, 0.25) is 5.02 Å². The van der Waals surface area contributed by atoms with E-state index in [9.17, 15) is 31.5 Å². The number of aromatic nitrogens is 5. The number of thiophene rings is 1. The fourth-order valence-electron chi connectivity index (χ4n) is 4.50. The number of alkyl halides is 5. The molecule has 0 unspecified atom stereocenters. The molecule has 1 aliphatic rings. The summed E-state index contributed by atoms with van der Waals surface area (Å²) < 4.78 is 70.4. The van der Waals surface area contributed by atoms with Crippen LogP contribution in [0, 0.1) is 6.92 Å².